The van der Waals surface area contributed by atoms with Crippen molar-refractivity contribution in [2.24, 2.45) is 5.16 Å². The molecule has 25 heavy (non-hydrogen) atoms. The lowest BCUT2D eigenvalue weighted by Crippen LogP contribution is -2.72. The van der Waals surface area contributed by atoms with Gasteiger partial charge in [0.05, 0.1) is 6.61 Å². The number of carbonyl (C=O) groups excluding carboxylic acids is 2. The predicted molar refractivity (Wildman–Crippen MR) is 84.2 cm³/mol. The molecule has 2 aliphatic rings. The van der Waals surface area contributed by atoms with Crippen molar-refractivity contribution >= 4 is 23.5 Å². The first-order valence-electron chi connectivity index (χ1n) is 7.40. The molecule has 1 saturated heterocycles. The maximum Gasteiger partial charge on any atom is 0.352 e. The van der Waals surface area contributed by atoms with Gasteiger partial charge in [0.15, 0.2) is 18.0 Å². The van der Waals surface area contributed by atoms with Crippen LogP contribution in [0.4, 0.5) is 0 Å². The molecular formula is C16H15N3O6. The number of carbonyl (C=O) groups is 3. The fraction of sp³-hybridized carbons (Fsp3) is 0.250. The third-order valence-electron chi connectivity index (χ3n) is 3.80. The van der Waals surface area contributed by atoms with Gasteiger partial charge in [0, 0.05) is 5.56 Å². The van der Waals surface area contributed by atoms with E-state index in [1.165, 1.54) is 13.2 Å². The SMILES string of the molecule is CO/N=C(\C(=O)N[C@@H]1C(=O)N2C(C(=O)O)=CCO[C@H]12)c1ccccc1. The van der Waals surface area contributed by atoms with Gasteiger partial charge < -0.3 is 20.0 Å². The number of ether oxygens (including phenoxy) is 1. The van der Waals surface area contributed by atoms with Crippen molar-refractivity contribution < 1.29 is 29.1 Å². The van der Waals surface area contributed by atoms with Gasteiger partial charge in [-0.05, 0) is 6.08 Å². The Kier molecular flexibility index (Phi) is 4.48. The molecule has 130 valence electrons. The zero-order valence-electron chi connectivity index (χ0n) is 13.2. The minimum atomic E-state index is -1.22. The Morgan fingerprint density at radius 1 is 1.36 bits per heavy atom. The van der Waals surface area contributed by atoms with Crippen molar-refractivity contribution in [1.82, 2.24) is 10.2 Å². The van der Waals surface area contributed by atoms with Crippen LogP contribution < -0.4 is 5.32 Å². The molecule has 3 rings (SSSR count). The molecule has 0 bridgehead atoms. The summed E-state index contributed by atoms with van der Waals surface area (Å²) in [5.74, 6) is -2.41. The first-order valence-corrected chi connectivity index (χ1v) is 7.40. The summed E-state index contributed by atoms with van der Waals surface area (Å²) < 4.78 is 5.37. The van der Waals surface area contributed by atoms with Crippen LogP contribution in [-0.4, -0.2) is 59.5 Å². The molecule has 2 amide bonds. The number of benzene rings is 1. The Labute approximate surface area is 142 Å². The lowest BCUT2D eigenvalue weighted by atomic mass is 10.0. The number of nitrogens with zero attached hydrogens (tertiary/aromatic N) is 2. The van der Waals surface area contributed by atoms with Crippen LogP contribution >= 0.6 is 0 Å². The van der Waals surface area contributed by atoms with Crippen LogP contribution in [0, 0.1) is 0 Å². The van der Waals surface area contributed by atoms with Crippen LogP contribution in [0.3, 0.4) is 0 Å². The summed E-state index contributed by atoms with van der Waals surface area (Å²) in [4.78, 5) is 41.6. The second-order valence-electron chi connectivity index (χ2n) is 5.27. The number of fused-ring (bicyclic) bond motifs is 1. The van der Waals surface area contributed by atoms with E-state index >= 15 is 0 Å². The molecule has 2 N–H and O–H groups in total. The maximum absolute atomic E-state index is 12.5. The number of oxime groups is 1. The summed E-state index contributed by atoms with van der Waals surface area (Å²) in [7, 11) is 1.31. The second kappa shape index (κ2) is 6.73. The Morgan fingerprint density at radius 3 is 2.72 bits per heavy atom. The van der Waals surface area contributed by atoms with Gasteiger partial charge >= 0.3 is 5.97 Å². The van der Waals surface area contributed by atoms with E-state index in [2.05, 4.69) is 10.5 Å². The van der Waals surface area contributed by atoms with Gasteiger partial charge in [0.1, 0.15) is 12.8 Å². The van der Waals surface area contributed by atoms with Crippen molar-refractivity contribution in [1.29, 1.82) is 0 Å². The molecule has 2 atom stereocenters. The highest BCUT2D eigenvalue weighted by atomic mass is 16.6. The Hall–Kier alpha value is -3.20. The highest BCUT2D eigenvalue weighted by Gasteiger charge is 2.53. The number of hydrogen-bond acceptors (Lipinski definition) is 6. The Bertz CT molecular complexity index is 773. The van der Waals surface area contributed by atoms with Crippen LogP contribution in [0.1, 0.15) is 5.56 Å². The van der Waals surface area contributed by atoms with Crippen LogP contribution in [0.5, 0.6) is 0 Å². The smallest absolute Gasteiger partial charge is 0.352 e. The largest absolute Gasteiger partial charge is 0.477 e. The van der Waals surface area contributed by atoms with Crippen LogP contribution in [0.15, 0.2) is 47.3 Å². The maximum atomic E-state index is 12.5. The molecular weight excluding hydrogens is 330 g/mol. The molecule has 0 saturated carbocycles. The van der Waals surface area contributed by atoms with E-state index < -0.39 is 30.1 Å². The van der Waals surface area contributed by atoms with Crippen LogP contribution in [0.25, 0.3) is 0 Å². The first kappa shape index (κ1) is 16.7. The number of β-lactam (4-membered cyclic amide) rings is 1. The van der Waals surface area contributed by atoms with Gasteiger partial charge in [-0.3, -0.25) is 14.5 Å². The van der Waals surface area contributed by atoms with E-state index in [4.69, 9.17) is 14.7 Å². The molecule has 9 nitrogen and oxygen atoms in total. The summed E-state index contributed by atoms with van der Waals surface area (Å²) >= 11 is 0. The van der Waals surface area contributed by atoms with Gasteiger partial charge in [0.2, 0.25) is 0 Å². The van der Waals surface area contributed by atoms with E-state index in [-0.39, 0.29) is 18.0 Å². The van der Waals surface area contributed by atoms with Crippen LogP contribution in [0.2, 0.25) is 0 Å². The average Bonchev–Trinajstić information content (AvgIpc) is 2.63. The van der Waals surface area contributed by atoms with Gasteiger partial charge in [-0.2, -0.15) is 0 Å². The molecule has 0 spiro atoms. The fourth-order valence-electron chi connectivity index (χ4n) is 2.66. The lowest BCUT2D eigenvalue weighted by molar-refractivity contribution is -0.183. The van der Waals surface area contributed by atoms with Crippen molar-refractivity contribution in [2.75, 3.05) is 13.7 Å². The molecule has 1 fully saturated rings. The summed E-state index contributed by atoms with van der Waals surface area (Å²) in [5.41, 5.74) is 0.362. The predicted octanol–water partition coefficient (Wildman–Crippen LogP) is -0.311. The minimum absolute atomic E-state index is 0.000778. The molecule has 0 radical (unpaired) electrons. The number of nitrogens with one attached hydrogen (secondary N) is 1. The molecule has 0 unspecified atom stereocenters. The van der Waals surface area contributed by atoms with E-state index in [1.807, 2.05) is 0 Å². The minimum Gasteiger partial charge on any atom is -0.477 e. The molecule has 0 aromatic heterocycles. The van der Waals surface area contributed by atoms with Crippen LogP contribution in [-0.2, 0) is 24.0 Å². The van der Waals surface area contributed by atoms with E-state index in [1.54, 1.807) is 30.3 Å². The third-order valence-corrected chi connectivity index (χ3v) is 3.80. The summed E-state index contributed by atoms with van der Waals surface area (Å²) in [6.45, 7) is 0.0418. The quantitative estimate of drug-likeness (QED) is 0.429. The molecule has 2 aliphatic heterocycles. The highest BCUT2D eigenvalue weighted by Crippen LogP contribution is 2.29. The van der Waals surface area contributed by atoms with Crippen molar-refractivity contribution in [2.45, 2.75) is 12.3 Å². The van der Waals surface area contributed by atoms with Gasteiger partial charge in [-0.15, -0.1) is 0 Å². The Morgan fingerprint density at radius 2 is 2.08 bits per heavy atom. The van der Waals surface area contributed by atoms with E-state index in [9.17, 15) is 14.4 Å². The summed E-state index contributed by atoms with van der Waals surface area (Å²) in [5, 5.41) is 15.3. The normalized spacial score (nSPS) is 22.4. The topological polar surface area (TPSA) is 118 Å². The van der Waals surface area contributed by atoms with Gasteiger partial charge in [0.25, 0.3) is 11.8 Å². The molecule has 1 aromatic rings. The van der Waals surface area contributed by atoms with E-state index in [0.717, 1.165) is 4.90 Å². The lowest BCUT2D eigenvalue weighted by Gasteiger charge is -2.47. The van der Waals surface area contributed by atoms with Gasteiger partial charge in [-0.1, -0.05) is 35.5 Å². The first-order chi connectivity index (χ1) is 12.0. The van der Waals surface area contributed by atoms with Crippen molar-refractivity contribution in [3.63, 3.8) is 0 Å². The van der Waals surface area contributed by atoms with E-state index in [0.29, 0.717) is 5.56 Å². The number of hydrogen-bond donors (Lipinski definition) is 2. The van der Waals surface area contributed by atoms with Crippen molar-refractivity contribution in [3.8, 4) is 0 Å². The number of rotatable bonds is 5. The Balaban J connectivity index is 1.76. The van der Waals surface area contributed by atoms with Crippen molar-refractivity contribution in [3.05, 3.63) is 47.7 Å². The monoisotopic (exact) mass is 345 g/mol. The number of carboxylic acids is 1. The highest BCUT2D eigenvalue weighted by molar-refractivity contribution is 6.45. The number of amides is 2. The third kappa shape index (κ3) is 2.96. The zero-order chi connectivity index (χ0) is 18.0. The summed E-state index contributed by atoms with van der Waals surface area (Å²) in [6, 6.07) is 7.62. The number of aliphatic carboxylic acids is 1. The molecule has 0 aliphatic carbocycles. The fourth-order valence-corrected chi connectivity index (χ4v) is 2.66. The average molecular weight is 345 g/mol. The molecule has 2 heterocycles. The molecule has 9 heteroatoms. The second-order valence-corrected chi connectivity index (χ2v) is 5.27. The zero-order valence-corrected chi connectivity index (χ0v) is 13.2. The molecule has 1 aromatic carbocycles. The van der Waals surface area contributed by atoms with Gasteiger partial charge in [-0.25, -0.2) is 4.79 Å². The number of carboxylic acid groups (broad SMARTS) is 1. The summed E-state index contributed by atoms with van der Waals surface area (Å²) in [6.07, 6.45) is 0.448. The standard InChI is InChI=1S/C16H15N3O6/c1-24-18-11(9-5-3-2-4-6-9)13(20)17-12-14(21)19-10(16(22)23)7-8-25-15(12)19/h2-7,12,15H,8H2,1H3,(H,17,20)(H,22,23)/b18-11-/t12-,15-/m1/s1.